The van der Waals surface area contributed by atoms with E-state index in [0.717, 1.165) is 39.3 Å². The molecule has 0 amide bonds. The Morgan fingerprint density at radius 2 is 1.85 bits per heavy atom. The van der Waals surface area contributed by atoms with Crippen LogP contribution in [-0.2, 0) is 6.42 Å². The van der Waals surface area contributed by atoms with E-state index < -0.39 is 5.97 Å². The number of pyridine rings is 1. The highest BCUT2D eigenvalue weighted by molar-refractivity contribution is 5.91. The van der Waals surface area contributed by atoms with Crippen molar-refractivity contribution in [1.29, 1.82) is 0 Å². The first-order valence-electron chi connectivity index (χ1n) is 8.41. The maximum Gasteiger partial charge on any atom is 0.336 e. The molecule has 0 saturated heterocycles. The van der Waals surface area contributed by atoms with E-state index in [2.05, 4.69) is 11.1 Å². The van der Waals surface area contributed by atoms with Crippen LogP contribution in [0.25, 0.3) is 11.3 Å². The zero-order valence-corrected chi connectivity index (χ0v) is 15.1. The van der Waals surface area contributed by atoms with E-state index in [4.69, 9.17) is 4.74 Å². The van der Waals surface area contributed by atoms with E-state index in [1.54, 1.807) is 7.11 Å². The lowest BCUT2D eigenvalue weighted by molar-refractivity contribution is 0.0695. The number of hydrogen-bond donors (Lipinski definition) is 1. The predicted molar refractivity (Wildman–Crippen MR) is 102 cm³/mol. The van der Waals surface area contributed by atoms with Crippen molar-refractivity contribution >= 4 is 5.97 Å². The lowest BCUT2D eigenvalue weighted by Crippen LogP contribution is -2.06. The second-order valence-corrected chi connectivity index (χ2v) is 6.33. The number of carboxylic acids is 1. The Morgan fingerprint density at radius 3 is 2.54 bits per heavy atom. The van der Waals surface area contributed by atoms with Crippen LogP contribution in [0.3, 0.4) is 0 Å². The number of benzene rings is 2. The number of aromatic nitrogens is 1. The molecule has 1 aromatic heterocycles. The van der Waals surface area contributed by atoms with Gasteiger partial charge in [-0.15, -0.1) is 0 Å². The molecule has 4 heteroatoms. The number of carboxylic acid groups (broad SMARTS) is 1. The Kier molecular flexibility index (Phi) is 5.03. The lowest BCUT2D eigenvalue weighted by Gasteiger charge is -2.11. The SMILES string of the molecule is COc1cccc(-c2ncc(Cc3cccc(C)c3C(=O)O)cc2C)c1. The fourth-order valence-electron chi connectivity index (χ4n) is 3.20. The largest absolute Gasteiger partial charge is 0.497 e. The van der Waals surface area contributed by atoms with Gasteiger partial charge in [-0.3, -0.25) is 4.98 Å². The van der Waals surface area contributed by atoms with Crippen molar-refractivity contribution in [1.82, 2.24) is 4.98 Å². The maximum absolute atomic E-state index is 11.6. The number of aryl methyl sites for hydroxylation is 2. The number of carbonyl (C=O) groups is 1. The Hall–Kier alpha value is -3.14. The molecular weight excluding hydrogens is 326 g/mol. The standard InChI is InChI=1S/C22H21NO3/c1-14-6-4-7-17(20(14)22(24)25)11-16-10-15(2)21(23-13-16)18-8-5-9-19(12-18)26-3/h4-10,12-13H,11H2,1-3H3,(H,24,25). The van der Waals surface area contributed by atoms with Crippen molar-refractivity contribution < 1.29 is 14.6 Å². The monoisotopic (exact) mass is 347 g/mol. The second-order valence-electron chi connectivity index (χ2n) is 6.33. The Balaban J connectivity index is 1.94. The summed E-state index contributed by atoms with van der Waals surface area (Å²) in [5.74, 6) is -0.102. The van der Waals surface area contributed by atoms with Crippen molar-refractivity contribution in [2.75, 3.05) is 7.11 Å². The average Bonchev–Trinajstić information content (AvgIpc) is 2.61. The van der Waals surface area contributed by atoms with Crippen molar-refractivity contribution in [2.24, 2.45) is 0 Å². The van der Waals surface area contributed by atoms with Gasteiger partial charge in [0.15, 0.2) is 0 Å². The summed E-state index contributed by atoms with van der Waals surface area (Å²) < 4.78 is 5.28. The first kappa shape index (κ1) is 17.7. The first-order chi connectivity index (χ1) is 12.5. The highest BCUT2D eigenvalue weighted by Gasteiger charge is 2.14. The molecule has 0 spiro atoms. The number of methoxy groups -OCH3 is 1. The number of ether oxygens (including phenoxy) is 1. The summed E-state index contributed by atoms with van der Waals surface area (Å²) in [7, 11) is 1.64. The summed E-state index contributed by atoms with van der Waals surface area (Å²) in [6.07, 6.45) is 2.35. The minimum atomic E-state index is -0.893. The molecule has 3 rings (SSSR count). The smallest absolute Gasteiger partial charge is 0.336 e. The van der Waals surface area contributed by atoms with Gasteiger partial charge in [0.25, 0.3) is 0 Å². The van der Waals surface area contributed by atoms with Gasteiger partial charge in [0, 0.05) is 11.8 Å². The third-order valence-corrected chi connectivity index (χ3v) is 4.45. The molecule has 0 atom stereocenters. The quantitative estimate of drug-likeness (QED) is 0.729. The Bertz CT molecular complexity index is 963. The van der Waals surface area contributed by atoms with Gasteiger partial charge in [-0.05, 0) is 54.7 Å². The molecule has 1 heterocycles. The molecule has 26 heavy (non-hydrogen) atoms. The van der Waals surface area contributed by atoms with Gasteiger partial charge in [0.1, 0.15) is 5.75 Å². The van der Waals surface area contributed by atoms with Crippen molar-refractivity contribution in [3.63, 3.8) is 0 Å². The third kappa shape index (κ3) is 3.59. The van der Waals surface area contributed by atoms with Gasteiger partial charge in [0.05, 0.1) is 18.4 Å². The summed E-state index contributed by atoms with van der Waals surface area (Å²) in [5.41, 5.74) is 5.87. The summed E-state index contributed by atoms with van der Waals surface area (Å²) >= 11 is 0. The van der Waals surface area contributed by atoms with Gasteiger partial charge in [-0.25, -0.2) is 4.79 Å². The molecule has 132 valence electrons. The van der Waals surface area contributed by atoms with Crippen molar-refractivity contribution in [3.8, 4) is 17.0 Å². The van der Waals surface area contributed by atoms with E-state index in [1.165, 1.54) is 0 Å². The van der Waals surface area contributed by atoms with Gasteiger partial charge < -0.3 is 9.84 Å². The van der Waals surface area contributed by atoms with Crippen LogP contribution in [0.1, 0.15) is 32.6 Å². The number of nitrogens with zero attached hydrogens (tertiary/aromatic N) is 1. The van der Waals surface area contributed by atoms with E-state index in [1.807, 2.05) is 62.5 Å². The van der Waals surface area contributed by atoms with Crippen LogP contribution in [-0.4, -0.2) is 23.2 Å². The summed E-state index contributed by atoms with van der Waals surface area (Å²) in [6.45, 7) is 3.84. The Labute approximate surface area is 153 Å². The van der Waals surface area contributed by atoms with Crippen LogP contribution in [0, 0.1) is 13.8 Å². The summed E-state index contributed by atoms with van der Waals surface area (Å²) in [5, 5.41) is 9.49. The van der Waals surface area contributed by atoms with Crippen LogP contribution in [0.15, 0.2) is 54.7 Å². The number of rotatable bonds is 5. The highest BCUT2D eigenvalue weighted by Crippen LogP contribution is 2.26. The van der Waals surface area contributed by atoms with Crippen LogP contribution in [0.2, 0.25) is 0 Å². The Morgan fingerprint density at radius 1 is 1.08 bits per heavy atom. The minimum absolute atomic E-state index is 0.377. The molecule has 0 fully saturated rings. The predicted octanol–water partition coefficient (Wildman–Crippen LogP) is 4.66. The van der Waals surface area contributed by atoms with E-state index in [-0.39, 0.29) is 0 Å². The molecule has 0 aliphatic rings. The fourth-order valence-corrected chi connectivity index (χ4v) is 3.20. The van der Waals surface area contributed by atoms with Crippen LogP contribution in [0.4, 0.5) is 0 Å². The van der Waals surface area contributed by atoms with Crippen molar-refractivity contribution in [2.45, 2.75) is 20.3 Å². The molecule has 0 unspecified atom stereocenters. The normalized spacial score (nSPS) is 10.6. The minimum Gasteiger partial charge on any atom is -0.497 e. The number of hydrogen-bond acceptors (Lipinski definition) is 3. The first-order valence-corrected chi connectivity index (χ1v) is 8.41. The van der Waals surface area contributed by atoms with Crippen LogP contribution in [0.5, 0.6) is 5.75 Å². The van der Waals surface area contributed by atoms with Crippen LogP contribution >= 0.6 is 0 Å². The summed E-state index contributed by atoms with van der Waals surface area (Å²) in [4.78, 5) is 16.2. The third-order valence-electron chi connectivity index (χ3n) is 4.45. The van der Waals surface area contributed by atoms with E-state index in [9.17, 15) is 9.90 Å². The zero-order valence-electron chi connectivity index (χ0n) is 15.1. The molecule has 0 radical (unpaired) electrons. The fraction of sp³-hybridized carbons (Fsp3) is 0.182. The number of aromatic carboxylic acids is 1. The molecule has 2 aromatic carbocycles. The summed E-state index contributed by atoms with van der Waals surface area (Å²) in [6, 6.07) is 15.4. The molecular formula is C22H21NO3. The van der Waals surface area contributed by atoms with Gasteiger partial charge in [-0.2, -0.15) is 0 Å². The van der Waals surface area contributed by atoms with E-state index in [0.29, 0.717) is 12.0 Å². The van der Waals surface area contributed by atoms with Gasteiger partial charge in [0.2, 0.25) is 0 Å². The van der Waals surface area contributed by atoms with Gasteiger partial charge in [-0.1, -0.05) is 36.4 Å². The lowest BCUT2D eigenvalue weighted by atomic mass is 9.96. The van der Waals surface area contributed by atoms with E-state index >= 15 is 0 Å². The topological polar surface area (TPSA) is 59.4 Å². The highest BCUT2D eigenvalue weighted by atomic mass is 16.5. The molecule has 0 bridgehead atoms. The average molecular weight is 347 g/mol. The second kappa shape index (κ2) is 7.40. The van der Waals surface area contributed by atoms with Crippen LogP contribution < -0.4 is 4.74 Å². The van der Waals surface area contributed by atoms with Gasteiger partial charge >= 0.3 is 5.97 Å². The van der Waals surface area contributed by atoms with Crippen molar-refractivity contribution in [3.05, 3.63) is 82.5 Å². The molecule has 0 saturated carbocycles. The maximum atomic E-state index is 11.6. The molecule has 4 nitrogen and oxygen atoms in total. The molecule has 0 aliphatic carbocycles. The molecule has 0 aliphatic heterocycles. The zero-order chi connectivity index (χ0) is 18.7. The molecule has 3 aromatic rings. The molecule has 1 N–H and O–H groups in total.